The summed E-state index contributed by atoms with van der Waals surface area (Å²) in [4.78, 5) is 12.2. The molecule has 1 aromatic heterocycles. The average molecular weight is 289 g/mol. The van der Waals surface area contributed by atoms with Crippen molar-refractivity contribution in [3.63, 3.8) is 0 Å². The lowest BCUT2D eigenvalue weighted by molar-refractivity contribution is 0.194. The lowest BCUT2D eigenvalue weighted by Crippen LogP contribution is -2.16. The highest BCUT2D eigenvalue weighted by Crippen LogP contribution is 2.33. The summed E-state index contributed by atoms with van der Waals surface area (Å²) >= 11 is 0. The van der Waals surface area contributed by atoms with Crippen LogP contribution >= 0.6 is 0 Å². The zero-order valence-corrected chi connectivity index (χ0v) is 12.4. The molecule has 4 heteroatoms. The van der Waals surface area contributed by atoms with Crippen molar-refractivity contribution < 1.29 is 9.50 Å². The van der Waals surface area contributed by atoms with E-state index in [1.165, 1.54) is 25.8 Å². The fraction of sp³-hybridized carbons (Fsp3) is 0.471. The molecule has 2 aromatic rings. The predicted octanol–water partition coefficient (Wildman–Crippen LogP) is 3.62. The average Bonchev–Trinajstić information content (AvgIpc) is 2.92. The minimum atomic E-state index is -0.887. The van der Waals surface area contributed by atoms with Crippen LogP contribution in [-0.4, -0.2) is 9.67 Å². The van der Waals surface area contributed by atoms with Crippen molar-refractivity contribution in [1.29, 1.82) is 0 Å². The van der Waals surface area contributed by atoms with Gasteiger partial charge in [0.2, 0.25) is 0 Å². The van der Waals surface area contributed by atoms with Gasteiger partial charge in [-0.1, -0.05) is 12.8 Å². The summed E-state index contributed by atoms with van der Waals surface area (Å²) in [6.45, 7) is 3.46. The molecule has 0 aliphatic heterocycles. The Labute approximate surface area is 123 Å². The summed E-state index contributed by atoms with van der Waals surface area (Å²) in [5, 5.41) is 10.1. The van der Waals surface area contributed by atoms with Gasteiger partial charge in [-0.2, -0.15) is 0 Å². The summed E-state index contributed by atoms with van der Waals surface area (Å²) in [7, 11) is 0. The Bertz CT molecular complexity index is 743. The molecule has 1 N–H and O–H groups in total. The molecule has 0 saturated heterocycles. The molecular weight excluding hydrogens is 269 g/mol. The number of nitrogens with zero attached hydrogens (tertiary/aromatic N) is 1. The number of hydrogen-bond donors (Lipinski definition) is 1. The molecular formula is C17H20FNO2. The van der Waals surface area contributed by atoms with Crippen molar-refractivity contribution >= 4 is 10.9 Å². The molecule has 1 fully saturated rings. The second-order valence-electron chi connectivity index (χ2n) is 6.03. The maximum atomic E-state index is 14.1. The minimum Gasteiger partial charge on any atom is -0.389 e. The number of hydrogen-bond acceptors (Lipinski definition) is 2. The van der Waals surface area contributed by atoms with Gasteiger partial charge in [-0.15, -0.1) is 0 Å². The van der Waals surface area contributed by atoms with Crippen LogP contribution in [0.15, 0.2) is 23.0 Å². The maximum Gasteiger partial charge on any atom is 0.189 e. The van der Waals surface area contributed by atoms with Crippen molar-refractivity contribution in [2.45, 2.75) is 51.7 Å². The molecule has 1 heterocycles. The molecule has 1 aromatic carbocycles. The third kappa shape index (κ3) is 2.38. The molecule has 3 rings (SSSR count). The molecule has 1 unspecified atom stereocenters. The topological polar surface area (TPSA) is 42.2 Å². The summed E-state index contributed by atoms with van der Waals surface area (Å²) < 4.78 is 16.2. The molecule has 21 heavy (non-hydrogen) atoms. The Hall–Kier alpha value is -1.68. The molecule has 112 valence electrons. The van der Waals surface area contributed by atoms with Crippen LogP contribution in [0.1, 0.15) is 56.0 Å². The van der Waals surface area contributed by atoms with Gasteiger partial charge in [0.05, 0.1) is 11.6 Å². The van der Waals surface area contributed by atoms with Crippen LogP contribution < -0.4 is 5.43 Å². The van der Waals surface area contributed by atoms with Gasteiger partial charge in [-0.25, -0.2) is 4.39 Å². The number of aryl methyl sites for hydroxylation is 1. The SMILES string of the molecule is Cc1cc(=O)c2cc(F)c(C(C)O)cc2n1C1CCCC1. The Morgan fingerprint density at radius 2 is 1.95 bits per heavy atom. The van der Waals surface area contributed by atoms with Crippen molar-refractivity contribution in [3.05, 3.63) is 45.5 Å². The van der Waals surface area contributed by atoms with E-state index in [1.807, 2.05) is 6.92 Å². The second-order valence-corrected chi connectivity index (χ2v) is 6.03. The van der Waals surface area contributed by atoms with Crippen molar-refractivity contribution in [3.8, 4) is 0 Å². The van der Waals surface area contributed by atoms with Gasteiger partial charge in [0.1, 0.15) is 5.82 Å². The van der Waals surface area contributed by atoms with Crippen LogP contribution in [0.3, 0.4) is 0 Å². The Balaban J connectivity index is 2.34. The van der Waals surface area contributed by atoms with Gasteiger partial charge in [0.25, 0.3) is 0 Å². The van der Waals surface area contributed by atoms with E-state index in [2.05, 4.69) is 4.57 Å². The van der Waals surface area contributed by atoms with Crippen molar-refractivity contribution in [2.75, 3.05) is 0 Å². The van der Waals surface area contributed by atoms with E-state index in [9.17, 15) is 14.3 Å². The highest BCUT2D eigenvalue weighted by atomic mass is 19.1. The second kappa shape index (κ2) is 5.26. The molecule has 0 spiro atoms. The third-order valence-electron chi connectivity index (χ3n) is 4.50. The van der Waals surface area contributed by atoms with Gasteiger partial charge in [-0.3, -0.25) is 4.79 Å². The number of aliphatic hydroxyl groups excluding tert-OH is 1. The number of fused-ring (bicyclic) bond motifs is 1. The lowest BCUT2D eigenvalue weighted by atomic mass is 10.0. The monoisotopic (exact) mass is 289 g/mol. The van der Waals surface area contributed by atoms with Crippen LogP contribution in [0.5, 0.6) is 0 Å². The molecule has 0 amide bonds. The molecule has 0 radical (unpaired) electrons. The van der Waals surface area contributed by atoms with Crippen LogP contribution in [0, 0.1) is 12.7 Å². The number of halogens is 1. The smallest absolute Gasteiger partial charge is 0.189 e. The van der Waals surface area contributed by atoms with E-state index in [1.54, 1.807) is 12.1 Å². The Morgan fingerprint density at radius 3 is 2.57 bits per heavy atom. The van der Waals surface area contributed by atoms with E-state index < -0.39 is 11.9 Å². The number of rotatable bonds is 2. The normalized spacial score (nSPS) is 17.5. The minimum absolute atomic E-state index is 0.159. The standard InChI is InChI=1S/C17H20FNO2/c1-10-7-17(21)14-8-15(18)13(11(2)20)9-16(14)19(10)12-5-3-4-6-12/h7-9,11-12,20H,3-6H2,1-2H3. The highest BCUT2D eigenvalue weighted by Gasteiger charge is 2.21. The van der Waals surface area contributed by atoms with Crippen molar-refractivity contribution in [2.24, 2.45) is 0 Å². The summed E-state index contributed by atoms with van der Waals surface area (Å²) in [5.74, 6) is -0.517. The number of benzene rings is 1. The highest BCUT2D eigenvalue weighted by molar-refractivity contribution is 5.80. The fourth-order valence-electron chi connectivity index (χ4n) is 3.47. The van der Waals surface area contributed by atoms with E-state index in [0.29, 0.717) is 11.4 Å². The quantitative estimate of drug-likeness (QED) is 0.917. The first-order valence-electron chi connectivity index (χ1n) is 7.52. The summed E-state index contributed by atoms with van der Waals surface area (Å²) in [6, 6.07) is 4.86. The molecule has 0 bridgehead atoms. The van der Waals surface area contributed by atoms with E-state index in [-0.39, 0.29) is 11.0 Å². The first kappa shape index (κ1) is 14.3. The van der Waals surface area contributed by atoms with Crippen molar-refractivity contribution in [1.82, 2.24) is 4.57 Å². The lowest BCUT2D eigenvalue weighted by Gasteiger charge is -2.22. The maximum absolute atomic E-state index is 14.1. The molecule has 1 saturated carbocycles. The van der Waals surface area contributed by atoms with Crippen LogP contribution in [0.2, 0.25) is 0 Å². The number of aliphatic hydroxyl groups is 1. The van der Waals surface area contributed by atoms with Gasteiger partial charge >= 0.3 is 0 Å². The van der Waals surface area contributed by atoms with E-state index >= 15 is 0 Å². The van der Waals surface area contributed by atoms with Gasteiger partial charge < -0.3 is 9.67 Å². The van der Waals surface area contributed by atoms with E-state index in [0.717, 1.165) is 24.1 Å². The number of pyridine rings is 1. The molecule has 1 aliphatic rings. The first-order chi connectivity index (χ1) is 9.99. The van der Waals surface area contributed by atoms with Gasteiger partial charge in [0.15, 0.2) is 5.43 Å². The fourth-order valence-corrected chi connectivity index (χ4v) is 3.47. The summed E-state index contributed by atoms with van der Waals surface area (Å²) in [6.07, 6.45) is 3.65. The molecule has 3 nitrogen and oxygen atoms in total. The Kier molecular flexibility index (Phi) is 3.57. The van der Waals surface area contributed by atoms with Crippen LogP contribution in [-0.2, 0) is 0 Å². The summed E-state index contributed by atoms with van der Waals surface area (Å²) in [5.41, 5.74) is 1.73. The first-order valence-corrected chi connectivity index (χ1v) is 7.52. The molecule has 1 atom stereocenters. The number of aromatic nitrogens is 1. The Morgan fingerprint density at radius 1 is 1.29 bits per heavy atom. The van der Waals surface area contributed by atoms with Gasteiger partial charge in [-0.05, 0) is 38.8 Å². The van der Waals surface area contributed by atoms with Gasteiger partial charge in [0, 0.05) is 28.8 Å². The third-order valence-corrected chi connectivity index (χ3v) is 4.50. The zero-order valence-electron chi connectivity index (χ0n) is 12.4. The molecule has 1 aliphatic carbocycles. The van der Waals surface area contributed by atoms with E-state index in [4.69, 9.17) is 0 Å². The van der Waals surface area contributed by atoms with Crippen LogP contribution in [0.25, 0.3) is 10.9 Å². The zero-order chi connectivity index (χ0) is 15.1. The largest absolute Gasteiger partial charge is 0.389 e. The predicted molar refractivity (Wildman–Crippen MR) is 81.0 cm³/mol. The van der Waals surface area contributed by atoms with Crippen LogP contribution in [0.4, 0.5) is 4.39 Å².